The number of nitrogens with one attached hydrogen (secondary N) is 1. The van der Waals surface area contributed by atoms with Crippen LogP contribution < -0.4 is 5.32 Å². The van der Waals surface area contributed by atoms with Gasteiger partial charge in [0.25, 0.3) is 0 Å². The highest BCUT2D eigenvalue weighted by molar-refractivity contribution is 7.99. The van der Waals surface area contributed by atoms with Crippen LogP contribution in [0.4, 0.5) is 0 Å². The molecule has 1 N–H and O–H groups in total. The second-order valence-corrected chi connectivity index (χ2v) is 8.36. The Morgan fingerprint density at radius 1 is 1.10 bits per heavy atom. The van der Waals surface area contributed by atoms with Crippen LogP contribution in [0.15, 0.2) is 59.0 Å². The summed E-state index contributed by atoms with van der Waals surface area (Å²) in [5.41, 5.74) is 4.38. The minimum atomic E-state index is 0.0652. The second-order valence-electron chi connectivity index (χ2n) is 7.37. The number of hydrogen-bond donors (Lipinski definition) is 1. The maximum atomic E-state index is 12.2. The highest BCUT2D eigenvalue weighted by Gasteiger charge is 2.13. The number of aromatic nitrogens is 1. The van der Waals surface area contributed by atoms with Gasteiger partial charge in [0, 0.05) is 17.4 Å². The van der Waals surface area contributed by atoms with Crippen molar-refractivity contribution < 1.29 is 9.21 Å². The average Bonchev–Trinajstić information content (AvgIpc) is 3.08. The van der Waals surface area contributed by atoms with E-state index in [1.807, 2.05) is 49.4 Å². The van der Waals surface area contributed by atoms with Crippen molar-refractivity contribution in [2.24, 2.45) is 0 Å². The maximum absolute atomic E-state index is 12.2. The van der Waals surface area contributed by atoms with Gasteiger partial charge in [-0.25, -0.2) is 4.98 Å². The molecule has 2 aromatic carbocycles. The smallest absolute Gasteiger partial charge is 0.230 e. The van der Waals surface area contributed by atoms with Crippen molar-refractivity contribution in [1.82, 2.24) is 10.3 Å². The van der Waals surface area contributed by atoms with E-state index in [0.29, 0.717) is 17.4 Å². The van der Waals surface area contributed by atoms with Crippen molar-refractivity contribution in [2.45, 2.75) is 45.4 Å². The fourth-order valence-corrected chi connectivity index (χ4v) is 3.87. The van der Waals surface area contributed by atoms with E-state index in [-0.39, 0.29) is 11.9 Å². The van der Waals surface area contributed by atoms with Crippen LogP contribution in [-0.4, -0.2) is 22.7 Å². The molecule has 3 rings (SSSR count). The van der Waals surface area contributed by atoms with Crippen LogP contribution in [0.5, 0.6) is 0 Å². The van der Waals surface area contributed by atoms with E-state index < -0.39 is 0 Å². The molecule has 0 aliphatic rings. The van der Waals surface area contributed by atoms with E-state index in [0.717, 1.165) is 29.9 Å². The lowest BCUT2D eigenvalue weighted by Crippen LogP contribution is -2.34. The van der Waals surface area contributed by atoms with Gasteiger partial charge in [-0.1, -0.05) is 48.0 Å². The third-order valence-corrected chi connectivity index (χ3v) is 5.72. The zero-order valence-corrected chi connectivity index (χ0v) is 18.1. The molecule has 0 saturated carbocycles. The molecule has 0 spiro atoms. The number of carbonyl (C=O) groups is 1. The van der Waals surface area contributed by atoms with E-state index in [4.69, 9.17) is 4.42 Å². The maximum Gasteiger partial charge on any atom is 0.230 e. The zero-order valence-electron chi connectivity index (χ0n) is 17.3. The Labute approximate surface area is 177 Å². The summed E-state index contributed by atoms with van der Waals surface area (Å²) in [5.74, 6) is 2.59. The largest absolute Gasteiger partial charge is 0.441 e. The quantitative estimate of drug-likeness (QED) is 0.520. The number of oxazole rings is 1. The lowest BCUT2D eigenvalue weighted by molar-refractivity contribution is -0.119. The summed E-state index contributed by atoms with van der Waals surface area (Å²) in [6.45, 7) is 6.04. The van der Waals surface area contributed by atoms with E-state index in [2.05, 4.69) is 36.3 Å². The van der Waals surface area contributed by atoms with Crippen molar-refractivity contribution in [3.8, 4) is 11.5 Å². The molecule has 0 saturated heterocycles. The molecule has 29 heavy (non-hydrogen) atoms. The molecular weight excluding hydrogens is 380 g/mol. The molecule has 1 aromatic heterocycles. The molecule has 5 heteroatoms. The Bertz CT molecular complexity index is 920. The molecule has 4 nitrogen and oxygen atoms in total. The standard InChI is InChI=1S/C24H28N2O2S/c1-17-9-13-21(14-10-17)24-26-22(19(3)28-24)15-29-16-23(27)25-18(2)11-12-20-7-5-4-6-8-20/h4-10,13-14,18H,11-12,15-16H2,1-3H3,(H,25,27)/t18-/m0/s1. The van der Waals surface area contributed by atoms with E-state index >= 15 is 0 Å². The Hall–Kier alpha value is -2.53. The van der Waals surface area contributed by atoms with Crippen LogP contribution in [0.2, 0.25) is 0 Å². The third-order valence-electron chi connectivity index (χ3n) is 4.78. The summed E-state index contributed by atoms with van der Waals surface area (Å²) in [5, 5.41) is 3.08. The third kappa shape index (κ3) is 6.50. The number of rotatable bonds is 9. The van der Waals surface area contributed by atoms with Crippen molar-refractivity contribution >= 4 is 17.7 Å². The number of carbonyl (C=O) groups excluding carboxylic acids is 1. The lowest BCUT2D eigenvalue weighted by Gasteiger charge is -2.13. The summed E-state index contributed by atoms with van der Waals surface area (Å²) in [4.78, 5) is 16.8. The van der Waals surface area contributed by atoms with Gasteiger partial charge in [-0.3, -0.25) is 4.79 Å². The number of aryl methyl sites for hydroxylation is 3. The Balaban J connectivity index is 1.42. The first-order valence-corrected chi connectivity index (χ1v) is 11.1. The SMILES string of the molecule is Cc1ccc(-c2nc(CSCC(=O)N[C@@H](C)CCc3ccccc3)c(C)o2)cc1. The van der Waals surface area contributed by atoms with Gasteiger partial charge in [0.15, 0.2) is 0 Å². The van der Waals surface area contributed by atoms with Gasteiger partial charge in [-0.05, 0) is 51.3 Å². The molecule has 0 aliphatic heterocycles. The van der Waals surface area contributed by atoms with Crippen LogP contribution in [0.3, 0.4) is 0 Å². The Kier molecular flexibility index (Phi) is 7.53. The molecule has 152 valence electrons. The van der Waals surface area contributed by atoms with Gasteiger partial charge in [0.1, 0.15) is 5.76 Å². The van der Waals surface area contributed by atoms with Gasteiger partial charge in [-0.15, -0.1) is 11.8 Å². The molecular formula is C24H28N2O2S. The molecule has 0 unspecified atom stereocenters. The second kappa shape index (κ2) is 10.3. The fourth-order valence-electron chi connectivity index (χ4n) is 3.04. The van der Waals surface area contributed by atoms with Gasteiger partial charge in [-0.2, -0.15) is 0 Å². The number of nitrogens with zero attached hydrogens (tertiary/aromatic N) is 1. The van der Waals surface area contributed by atoms with Gasteiger partial charge in [0.05, 0.1) is 11.4 Å². The van der Waals surface area contributed by atoms with Crippen molar-refractivity contribution in [1.29, 1.82) is 0 Å². The summed E-state index contributed by atoms with van der Waals surface area (Å²) >= 11 is 1.56. The molecule has 0 aliphatic carbocycles. The first kappa shape index (κ1) is 21.2. The number of amides is 1. The Morgan fingerprint density at radius 2 is 1.83 bits per heavy atom. The summed E-state index contributed by atoms with van der Waals surface area (Å²) in [6.07, 6.45) is 1.90. The molecule has 1 amide bonds. The van der Waals surface area contributed by atoms with Crippen LogP contribution in [0.1, 0.15) is 35.9 Å². The van der Waals surface area contributed by atoms with E-state index in [1.54, 1.807) is 11.8 Å². The summed E-state index contributed by atoms with van der Waals surface area (Å²) in [7, 11) is 0. The van der Waals surface area contributed by atoms with Crippen molar-refractivity contribution in [3.63, 3.8) is 0 Å². The summed E-state index contributed by atoms with van der Waals surface area (Å²) in [6, 6.07) is 18.6. The summed E-state index contributed by atoms with van der Waals surface area (Å²) < 4.78 is 5.81. The monoisotopic (exact) mass is 408 g/mol. The van der Waals surface area contributed by atoms with Crippen LogP contribution in [0, 0.1) is 13.8 Å². The first-order chi connectivity index (χ1) is 14.0. The Morgan fingerprint density at radius 3 is 2.55 bits per heavy atom. The molecule has 1 heterocycles. The predicted molar refractivity (Wildman–Crippen MR) is 120 cm³/mol. The average molecular weight is 409 g/mol. The molecule has 3 aromatic rings. The highest BCUT2D eigenvalue weighted by Crippen LogP contribution is 2.24. The normalized spacial score (nSPS) is 12.0. The van der Waals surface area contributed by atoms with Gasteiger partial charge >= 0.3 is 0 Å². The number of benzene rings is 2. The molecule has 1 atom stereocenters. The van der Waals surface area contributed by atoms with E-state index in [9.17, 15) is 4.79 Å². The minimum Gasteiger partial charge on any atom is -0.441 e. The fraction of sp³-hybridized carbons (Fsp3) is 0.333. The van der Waals surface area contributed by atoms with Gasteiger partial charge in [0.2, 0.25) is 11.8 Å². The number of thioether (sulfide) groups is 1. The molecule has 0 bridgehead atoms. The van der Waals surface area contributed by atoms with E-state index in [1.165, 1.54) is 11.1 Å². The lowest BCUT2D eigenvalue weighted by atomic mass is 10.1. The van der Waals surface area contributed by atoms with Crippen LogP contribution >= 0.6 is 11.8 Å². The van der Waals surface area contributed by atoms with Gasteiger partial charge < -0.3 is 9.73 Å². The highest BCUT2D eigenvalue weighted by atomic mass is 32.2. The molecule has 0 fully saturated rings. The van der Waals surface area contributed by atoms with Crippen LogP contribution in [-0.2, 0) is 17.0 Å². The van der Waals surface area contributed by atoms with Crippen molar-refractivity contribution in [3.05, 3.63) is 77.2 Å². The minimum absolute atomic E-state index is 0.0652. The topological polar surface area (TPSA) is 55.1 Å². The first-order valence-electron chi connectivity index (χ1n) is 9.95. The van der Waals surface area contributed by atoms with Crippen molar-refractivity contribution in [2.75, 3.05) is 5.75 Å². The number of hydrogen-bond acceptors (Lipinski definition) is 4. The predicted octanol–water partition coefficient (Wildman–Crippen LogP) is 5.33. The van der Waals surface area contributed by atoms with Crippen LogP contribution in [0.25, 0.3) is 11.5 Å². The molecule has 0 radical (unpaired) electrons. The zero-order chi connectivity index (χ0) is 20.6.